The Bertz CT molecular complexity index is 759. The second-order valence-corrected chi connectivity index (χ2v) is 6.62. The number of carbonyl (C=O) groups is 2. The highest BCUT2D eigenvalue weighted by Gasteiger charge is 2.30. The number of para-hydroxylation sites is 1. The van der Waals surface area contributed by atoms with E-state index >= 15 is 0 Å². The molecule has 2 aromatic carbocycles. The van der Waals surface area contributed by atoms with Crippen molar-refractivity contribution in [3.8, 4) is 11.5 Å². The van der Waals surface area contributed by atoms with Crippen LogP contribution in [0.15, 0.2) is 54.6 Å². The SMILES string of the molecule is C[C@H](C(=O)N(C)Cc1ccc(Oc2ccccc2)cc1)N1CCCC1=O. The summed E-state index contributed by atoms with van der Waals surface area (Å²) >= 11 is 0. The van der Waals surface area contributed by atoms with Crippen LogP contribution in [0, 0.1) is 0 Å². The predicted octanol–water partition coefficient (Wildman–Crippen LogP) is 3.45. The van der Waals surface area contributed by atoms with Gasteiger partial charge in [0.15, 0.2) is 0 Å². The van der Waals surface area contributed by atoms with Crippen molar-refractivity contribution in [1.82, 2.24) is 9.80 Å². The number of amides is 2. The molecular weight excluding hydrogens is 328 g/mol. The zero-order valence-corrected chi connectivity index (χ0v) is 15.2. The second-order valence-electron chi connectivity index (χ2n) is 6.62. The number of rotatable bonds is 6. The van der Waals surface area contributed by atoms with E-state index in [0.717, 1.165) is 23.5 Å². The lowest BCUT2D eigenvalue weighted by Crippen LogP contribution is -2.46. The molecule has 5 nitrogen and oxygen atoms in total. The average Bonchev–Trinajstić information content (AvgIpc) is 3.09. The largest absolute Gasteiger partial charge is 0.457 e. The van der Waals surface area contributed by atoms with Gasteiger partial charge in [0.2, 0.25) is 11.8 Å². The van der Waals surface area contributed by atoms with Crippen molar-refractivity contribution in [3.63, 3.8) is 0 Å². The molecule has 0 radical (unpaired) electrons. The fourth-order valence-electron chi connectivity index (χ4n) is 3.17. The van der Waals surface area contributed by atoms with Crippen LogP contribution in [-0.2, 0) is 16.1 Å². The van der Waals surface area contributed by atoms with Gasteiger partial charge in [-0.05, 0) is 43.2 Å². The van der Waals surface area contributed by atoms with E-state index in [-0.39, 0.29) is 11.8 Å². The Kier molecular flexibility index (Phi) is 5.56. The van der Waals surface area contributed by atoms with Gasteiger partial charge in [0.25, 0.3) is 0 Å². The lowest BCUT2D eigenvalue weighted by atomic mass is 10.2. The standard InChI is InChI=1S/C21H24N2O3/c1-16(23-14-6-9-20(23)24)21(25)22(2)15-17-10-12-19(13-11-17)26-18-7-4-3-5-8-18/h3-5,7-8,10-13,16H,6,9,14-15H2,1-2H3/t16-/m1/s1. The van der Waals surface area contributed by atoms with Gasteiger partial charge in [-0.15, -0.1) is 0 Å². The Labute approximate surface area is 154 Å². The topological polar surface area (TPSA) is 49.9 Å². The predicted molar refractivity (Wildman–Crippen MR) is 99.8 cm³/mol. The van der Waals surface area contributed by atoms with Crippen LogP contribution in [0.3, 0.4) is 0 Å². The Morgan fingerprint density at radius 3 is 2.38 bits per heavy atom. The number of hydrogen-bond donors (Lipinski definition) is 0. The number of ether oxygens (including phenoxy) is 1. The highest BCUT2D eigenvalue weighted by molar-refractivity contribution is 5.88. The maximum Gasteiger partial charge on any atom is 0.245 e. The Morgan fingerprint density at radius 1 is 1.12 bits per heavy atom. The van der Waals surface area contributed by atoms with Gasteiger partial charge >= 0.3 is 0 Å². The summed E-state index contributed by atoms with van der Waals surface area (Å²) < 4.78 is 5.78. The third-order valence-corrected chi connectivity index (χ3v) is 4.63. The number of nitrogens with zero attached hydrogens (tertiary/aromatic N) is 2. The summed E-state index contributed by atoms with van der Waals surface area (Å²) in [6.45, 7) is 2.97. The van der Waals surface area contributed by atoms with E-state index in [1.54, 1.807) is 23.8 Å². The van der Waals surface area contributed by atoms with Gasteiger partial charge in [-0.1, -0.05) is 30.3 Å². The molecule has 1 atom stereocenters. The molecule has 136 valence electrons. The number of likely N-dealkylation sites (N-methyl/N-ethyl adjacent to an activating group) is 1. The van der Waals surface area contributed by atoms with Crippen LogP contribution in [-0.4, -0.2) is 41.2 Å². The molecule has 0 aliphatic carbocycles. The molecule has 26 heavy (non-hydrogen) atoms. The molecule has 0 aromatic heterocycles. The minimum absolute atomic E-state index is 0.0372. The minimum Gasteiger partial charge on any atom is -0.457 e. The molecule has 0 N–H and O–H groups in total. The zero-order valence-electron chi connectivity index (χ0n) is 15.2. The van der Waals surface area contributed by atoms with Crippen LogP contribution in [0.2, 0.25) is 0 Å². The van der Waals surface area contributed by atoms with Crippen LogP contribution in [0.4, 0.5) is 0 Å². The van der Waals surface area contributed by atoms with Crippen molar-refractivity contribution in [2.75, 3.05) is 13.6 Å². The summed E-state index contributed by atoms with van der Waals surface area (Å²) in [5.41, 5.74) is 1.02. The summed E-state index contributed by atoms with van der Waals surface area (Å²) in [5.74, 6) is 1.58. The third kappa shape index (κ3) is 4.23. The van der Waals surface area contributed by atoms with Gasteiger partial charge in [-0.25, -0.2) is 0 Å². The first-order valence-corrected chi connectivity index (χ1v) is 8.91. The lowest BCUT2D eigenvalue weighted by Gasteiger charge is -2.28. The number of carbonyl (C=O) groups excluding carboxylic acids is 2. The summed E-state index contributed by atoms with van der Waals surface area (Å²) in [6, 6.07) is 16.9. The van der Waals surface area contributed by atoms with E-state index in [2.05, 4.69) is 0 Å². The molecule has 2 amide bonds. The second kappa shape index (κ2) is 8.04. The van der Waals surface area contributed by atoms with Crippen molar-refractivity contribution in [3.05, 3.63) is 60.2 Å². The molecule has 3 rings (SSSR count). The van der Waals surface area contributed by atoms with Crippen LogP contribution in [0.1, 0.15) is 25.3 Å². The molecule has 1 aliphatic heterocycles. The van der Waals surface area contributed by atoms with E-state index in [9.17, 15) is 9.59 Å². The molecule has 0 spiro atoms. The highest BCUT2D eigenvalue weighted by atomic mass is 16.5. The molecule has 0 saturated carbocycles. The summed E-state index contributed by atoms with van der Waals surface area (Å²) in [5, 5.41) is 0. The smallest absolute Gasteiger partial charge is 0.245 e. The third-order valence-electron chi connectivity index (χ3n) is 4.63. The molecule has 0 bridgehead atoms. The van der Waals surface area contributed by atoms with E-state index in [0.29, 0.717) is 19.5 Å². The van der Waals surface area contributed by atoms with Gasteiger partial charge in [-0.3, -0.25) is 9.59 Å². The Morgan fingerprint density at radius 2 is 1.77 bits per heavy atom. The molecular formula is C21H24N2O3. The normalized spacial score (nSPS) is 15.0. The molecule has 0 unspecified atom stereocenters. The molecule has 5 heteroatoms. The summed E-state index contributed by atoms with van der Waals surface area (Å²) in [4.78, 5) is 27.8. The lowest BCUT2D eigenvalue weighted by molar-refractivity contribution is -0.142. The monoisotopic (exact) mass is 352 g/mol. The number of likely N-dealkylation sites (tertiary alicyclic amines) is 1. The van der Waals surface area contributed by atoms with Crippen LogP contribution in [0.5, 0.6) is 11.5 Å². The molecule has 1 saturated heterocycles. The van der Waals surface area contributed by atoms with Crippen molar-refractivity contribution in [1.29, 1.82) is 0 Å². The van der Waals surface area contributed by atoms with Crippen LogP contribution < -0.4 is 4.74 Å². The fourth-order valence-corrected chi connectivity index (χ4v) is 3.17. The van der Waals surface area contributed by atoms with Crippen molar-refractivity contribution >= 4 is 11.8 Å². The van der Waals surface area contributed by atoms with E-state index in [1.165, 1.54) is 0 Å². The molecule has 1 aliphatic rings. The van der Waals surface area contributed by atoms with Crippen LogP contribution in [0.25, 0.3) is 0 Å². The van der Waals surface area contributed by atoms with Crippen LogP contribution >= 0.6 is 0 Å². The van der Waals surface area contributed by atoms with E-state index in [4.69, 9.17) is 4.74 Å². The van der Waals surface area contributed by atoms with Gasteiger partial charge in [-0.2, -0.15) is 0 Å². The maximum absolute atomic E-state index is 12.6. The summed E-state index contributed by atoms with van der Waals surface area (Å²) in [6.07, 6.45) is 1.38. The maximum atomic E-state index is 12.6. The average molecular weight is 352 g/mol. The van der Waals surface area contributed by atoms with Crippen molar-refractivity contribution in [2.45, 2.75) is 32.4 Å². The van der Waals surface area contributed by atoms with Gasteiger partial charge < -0.3 is 14.5 Å². The van der Waals surface area contributed by atoms with Crippen molar-refractivity contribution in [2.24, 2.45) is 0 Å². The Hall–Kier alpha value is -2.82. The van der Waals surface area contributed by atoms with Gasteiger partial charge in [0.1, 0.15) is 17.5 Å². The highest BCUT2D eigenvalue weighted by Crippen LogP contribution is 2.22. The molecule has 1 heterocycles. The first-order valence-electron chi connectivity index (χ1n) is 8.91. The van der Waals surface area contributed by atoms with Gasteiger partial charge in [0, 0.05) is 26.6 Å². The number of hydrogen-bond acceptors (Lipinski definition) is 3. The first-order chi connectivity index (χ1) is 12.5. The minimum atomic E-state index is -0.407. The summed E-state index contributed by atoms with van der Waals surface area (Å²) in [7, 11) is 1.77. The first kappa shape index (κ1) is 18.0. The van der Waals surface area contributed by atoms with Crippen molar-refractivity contribution < 1.29 is 14.3 Å². The Balaban J connectivity index is 1.57. The van der Waals surface area contributed by atoms with Gasteiger partial charge in [0.05, 0.1) is 0 Å². The van der Waals surface area contributed by atoms with E-state index < -0.39 is 6.04 Å². The fraction of sp³-hybridized carbons (Fsp3) is 0.333. The number of benzene rings is 2. The molecule has 2 aromatic rings. The zero-order chi connectivity index (χ0) is 18.5. The molecule has 1 fully saturated rings. The quantitative estimate of drug-likeness (QED) is 0.800. The van der Waals surface area contributed by atoms with E-state index in [1.807, 2.05) is 54.6 Å².